The zero-order chi connectivity index (χ0) is 14.9. The van der Waals surface area contributed by atoms with Crippen molar-refractivity contribution in [2.45, 2.75) is 38.0 Å². The van der Waals surface area contributed by atoms with Crippen LogP contribution in [0.3, 0.4) is 0 Å². The Labute approximate surface area is 126 Å². The van der Waals surface area contributed by atoms with Crippen LogP contribution in [-0.2, 0) is 10.0 Å². The second kappa shape index (κ2) is 5.92. The maximum atomic E-state index is 12.8. The molecule has 1 fully saturated rings. The van der Waals surface area contributed by atoms with E-state index in [4.69, 9.17) is 17.3 Å². The van der Waals surface area contributed by atoms with Crippen molar-refractivity contribution in [2.24, 2.45) is 5.92 Å². The summed E-state index contributed by atoms with van der Waals surface area (Å²) in [5.74, 6) is 0.508. The smallest absolute Gasteiger partial charge is 0.243 e. The van der Waals surface area contributed by atoms with Gasteiger partial charge in [-0.2, -0.15) is 4.31 Å². The van der Waals surface area contributed by atoms with Crippen molar-refractivity contribution in [3.63, 3.8) is 0 Å². The summed E-state index contributed by atoms with van der Waals surface area (Å²) in [4.78, 5) is 0.233. The van der Waals surface area contributed by atoms with E-state index in [1.807, 2.05) is 6.92 Å². The Kier molecular flexibility index (Phi) is 4.62. The van der Waals surface area contributed by atoms with Gasteiger partial charge in [-0.25, -0.2) is 8.42 Å². The Hall–Kier alpha value is -0.780. The van der Waals surface area contributed by atoms with Gasteiger partial charge in [0.25, 0.3) is 0 Å². The number of nitrogens with two attached hydrogens (primary N) is 1. The molecule has 0 unspecified atom stereocenters. The van der Waals surface area contributed by atoms with Crippen LogP contribution in [0.2, 0.25) is 5.02 Å². The highest BCUT2D eigenvalue weighted by molar-refractivity contribution is 7.89. The molecular formula is C14H21ClN2O2S. The molecule has 1 aliphatic rings. The predicted octanol–water partition coefficient (Wildman–Crippen LogP) is 3.04. The van der Waals surface area contributed by atoms with E-state index in [1.54, 1.807) is 17.3 Å². The van der Waals surface area contributed by atoms with Gasteiger partial charge in [-0.15, -0.1) is 0 Å². The normalized spacial score (nSPS) is 15.8. The van der Waals surface area contributed by atoms with Crippen LogP contribution < -0.4 is 5.73 Å². The molecule has 0 aromatic heterocycles. The zero-order valence-corrected chi connectivity index (χ0v) is 13.5. The van der Waals surface area contributed by atoms with Gasteiger partial charge in [-0.1, -0.05) is 18.5 Å². The molecule has 0 saturated heterocycles. The molecule has 112 valence electrons. The predicted molar refractivity (Wildman–Crippen MR) is 82.4 cm³/mol. The molecule has 2 rings (SSSR count). The summed E-state index contributed by atoms with van der Waals surface area (Å²) in [6, 6.07) is 3.08. The van der Waals surface area contributed by atoms with Crippen molar-refractivity contribution in [1.82, 2.24) is 4.31 Å². The Morgan fingerprint density at radius 1 is 1.40 bits per heavy atom. The maximum Gasteiger partial charge on any atom is 0.243 e. The number of hydrogen-bond donors (Lipinski definition) is 1. The third-order valence-corrected chi connectivity index (χ3v) is 5.82. The van der Waals surface area contributed by atoms with Crippen LogP contribution in [0.4, 0.5) is 5.69 Å². The van der Waals surface area contributed by atoms with E-state index in [0.717, 1.165) is 19.3 Å². The highest BCUT2D eigenvalue weighted by Gasteiger charge is 2.32. The SMILES string of the molecule is CCCN(CC1CC1)S(=O)(=O)c1cc(Cl)cc(N)c1C. The maximum absolute atomic E-state index is 12.8. The van der Waals surface area contributed by atoms with Crippen LogP contribution >= 0.6 is 11.6 Å². The fraction of sp³-hybridized carbons (Fsp3) is 0.571. The number of rotatable bonds is 6. The Balaban J connectivity index is 2.40. The van der Waals surface area contributed by atoms with Crippen molar-refractivity contribution in [2.75, 3.05) is 18.8 Å². The van der Waals surface area contributed by atoms with E-state index in [0.29, 0.717) is 35.3 Å². The highest BCUT2D eigenvalue weighted by atomic mass is 35.5. The van der Waals surface area contributed by atoms with Gasteiger partial charge in [-0.3, -0.25) is 0 Å². The minimum Gasteiger partial charge on any atom is -0.398 e. The highest BCUT2D eigenvalue weighted by Crippen LogP contribution is 2.33. The molecule has 20 heavy (non-hydrogen) atoms. The minimum absolute atomic E-state index is 0.233. The number of sulfonamides is 1. The van der Waals surface area contributed by atoms with E-state index in [9.17, 15) is 8.42 Å². The molecule has 0 bridgehead atoms. The van der Waals surface area contributed by atoms with E-state index in [2.05, 4.69) is 0 Å². The molecule has 0 heterocycles. The van der Waals surface area contributed by atoms with Gasteiger partial charge in [-0.05, 0) is 49.8 Å². The number of nitrogens with zero attached hydrogens (tertiary/aromatic N) is 1. The van der Waals surface area contributed by atoms with Crippen LogP contribution in [0.1, 0.15) is 31.7 Å². The van der Waals surface area contributed by atoms with Crippen LogP contribution in [0.25, 0.3) is 0 Å². The second-order valence-electron chi connectivity index (χ2n) is 5.42. The average Bonchev–Trinajstić information content (AvgIpc) is 3.17. The Bertz CT molecular complexity index is 597. The minimum atomic E-state index is -3.53. The first-order valence-corrected chi connectivity index (χ1v) is 8.73. The van der Waals surface area contributed by atoms with E-state index in [-0.39, 0.29) is 4.90 Å². The number of hydrogen-bond acceptors (Lipinski definition) is 3. The number of halogens is 1. The summed E-state index contributed by atoms with van der Waals surface area (Å²) in [6.45, 7) is 4.83. The van der Waals surface area contributed by atoms with E-state index >= 15 is 0 Å². The van der Waals surface area contributed by atoms with Crippen molar-refractivity contribution >= 4 is 27.3 Å². The van der Waals surface area contributed by atoms with Crippen LogP contribution in [0.5, 0.6) is 0 Å². The van der Waals surface area contributed by atoms with Gasteiger partial charge in [0.05, 0.1) is 4.90 Å². The molecular weight excluding hydrogens is 296 g/mol. The van der Waals surface area contributed by atoms with Gasteiger partial charge in [0.15, 0.2) is 0 Å². The van der Waals surface area contributed by atoms with Gasteiger partial charge < -0.3 is 5.73 Å². The van der Waals surface area contributed by atoms with E-state index < -0.39 is 10.0 Å². The summed E-state index contributed by atoms with van der Waals surface area (Å²) < 4.78 is 27.2. The fourth-order valence-electron chi connectivity index (χ4n) is 2.23. The van der Waals surface area contributed by atoms with Crippen LogP contribution in [0, 0.1) is 12.8 Å². The summed E-state index contributed by atoms with van der Waals surface area (Å²) in [6.07, 6.45) is 3.03. The fourth-order valence-corrected chi connectivity index (χ4v) is 4.41. The Morgan fingerprint density at radius 2 is 2.05 bits per heavy atom. The molecule has 4 nitrogen and oxygen atoms in total. The van der Waals surface area contributed by atoms with Crippen molar-refractivity contribution in [1.29, 1.82) is 0 Å². The molecule has 0 atom stereocenters. The standard InChI is InChI=1S/C14H21ClN2O2S/c1-3-6-17(9-11-4-5-11)20(18,19)14-8-12(15)7-13(16)10(14)2/h7-8,11H,3-6,9,16H2,1-2H3. The van der Waals surface area contributed by atoms with Gasteiger partial charge in [0, 0.05) is 23.8 Å². The second-order valence-corrected chi connectivity index (χ2v) is 7.77. The summed E-state index contributed by atoms with van der Waals surface area (Å²) in [7, 11) is -3.53. The van der Waals surface area contributed by atoms with Gasteiger partial charge >= 0.3 is 0 Å². The van der Waals surface area contributed by atoms with Crippen molar-refractivity contribution < 1.29 is 8.42 Å². The zero-order valence-electron chi connectivity index (χ0n) is 11.9. The van der Waals surface area contributed by atoms with E-state index in [1.165, 1.54) is 6.07 Å². The topological polar surface area (TPSA) is 63.4 Å². The molecule has 2 N–H and O–H groups in total. The number of benzene rings is 1. The summed E-state index contributed by atoms with van der Waals surface area (Å²) in [5, 5.41) is 0.356. The lowest BCUT2D eigenvalue weighted by atomic mass is 10.2. The molecule has 1 aliphatic carbocycles. The molecule has 6 heteroatoms. The van der Waals surface area contributed by atoms with Crippen molar-refractivity contribution in [3.8, 4) is 0 Å². The number of nitrogen functional groups attached to an aromatic ring is 1. The van der Waals surface area contributed by atoms with Gasteiger partial charge in [0.1, 0.15) is 0 Å². The molecule has 0 spiro atoms. The van der Waals surface area contributed by atoms with Crippen molar-refractivity contribution in [3.05, 3.63) is 22.7 Å². The lowest BCUT2D eigenvalue weighted by molar-refractivity contribution is 0.395. The molecule has 1 aromatic rings. The summed E-state index contributed by atoms with van der Waals surface area (Å²) in [5.41, 5.74) is 6.83. The molecule has 0 amide bonds. The molecule has 1 aromatic carbocycles. The summed E-state index contributed by atoms with van der Waals surface area (Å²) >= 11 is 5.97. The van der Waals surface area contributed by atoms with Gasteiger partial charge in [0.2, 0.25) is 10.0 Å². The molecule has 1 saturated carbocycles. The first kappa shape index (κ1) is 15.6. The first-order valence-electron chi connectivity index (χ1n) is 6.92. The third kappa shape index (κ3) is 3.27. The molecule has 0 aliphatic heterocycles. The average molecular weight is 317 g/mol. The first-order chi connectivity index (χ1) is 9.36. The largest absolute Gasteiger partial charge is 0.398 e. The number of anilines is 1. The Morgan fingerprint density at radius 3 is 2.60 bits per heavy atom. The monoisotopic (exact) mass is 316 g/mol. The quantitative estimate of drug-likeness (QED) is 0.820. The lowest BCUT2D eigenvalue weighted by Gasteiger charge is -2.23. The molecule has 0 radical (unpaired) electrons. The lowest BCUT2D eigenvalue weighted by Crippen LogP contribution is -2.34. The van der Waals surface area contributed by atoms with Crippen LogP contribution in [0.15, 0.2) is 17.0 Å². The third-order valence-electron chi connectivity index (χ3n) is 3.61. The van der Waals surface area contributed by atoms with Crippen LogP contribution in [-0.4, -0.2) is 25.8 Å².